The van der Waals surface area contributed by atoms with Crippen molar-refractivity contribution in [3.05, 3.63) is 0 Å². The standard InChI is InChI=1S/C24H48N8O5/c1-14(2)12-18(31-20(33)16(26)8-5-6-10-25)22(35)30-17(9-7-11-29-24(27)28)21(34)32-19(23(36)37)13-15(3)4/h14-19H,5-13,25-26H2,1-4H3,(H,30,35)(H,31,33)(H,32,34)(H,36,37)(H4,27,28,29). The van der Waals surface area contributed by atoms with Crippen molar-refractivity contribution in [2.24, 2.45) is 39.8 Å². The van der Waals surface area contributed by atoms with Gasteiger partial charge in [0.2, 0.25) is 17.7 Å². The lowest BCUT2D eigenvalue weighted by Gasteiger charge is -2.26. The lowest BCUT2D eigenvalue weighted by Crippen LogP contribution is -2.57. The van der Waals surface area contributed by atoms with Crippen LogP contribution < -0.4 is 38.9 Å². The number of nitrogens with two attached hydrogens (primary N) is 4. The van der Waals surface area contributed by atoms with Gasteiger partial charge in [0.05, 0.1) is 6.04 Å². The molecule has 214 valence electrons. The van der Waals surface area contributed by atoms with Gasteiger partial charge >= 0.3 is 5.97 Å². The monoisotopic (exact) mass is 528 g/mol. The van der Waals surface area contributed by atoms with Crippen LogP contribution in [0.4, 0.5) is 0 Å². The molecule has 0 aliphatic carbocycles. The molecule has 4 atom stereocenters. The average molecular weight is 529 g/mol. The predicted molar refractivity (Wildman–Crippen MR) is 143 cm³/mol. The minimum atomic E-state index is -1.17. The van der Waals surface area contributed by atoms with Crippen LogP contribution in [0.3, 0.4) is 0 Å². The van der Waals surface area contributed by atoms with Gasteiger partial charge in [-0.05, 0) is 56.9 Å². The second kappa shape index (κ2) is 18.3. The molecular weight excluding hydrogens is 480 g/mol. The van der Waals surface area contributed by atoms with E-state index in [0.717, 1.165) is 6.42 Å². The highest BCUT2D eigenvalue weighted by molar-refractivity contribution is 5.94. The molecular formula is C24H48N8O5. The predicted octanol–water partition coefficient (Wildman–Crippen LogP) is -0.872. The second-order valence-corrected chi connectivity index (χ2v) is 10.1. The normalized spacial score (nSPS) is 14.4. The molecule has 0 bridgehead atoms. The van der Waals surface area contributed by atoms with Crippen molar-refractivity contribution in [3.8, 4) is 0 Å². The number of carbonyl (C=O) groups excluding carboxylic acids is 3. The maximum absolute atomic E-state index is 13.2. The first-order valence-corrected chi connectivity index (χ1v) is 12.9. The van der Waals surface area contributed by atoms with Gasteiger partial charge < -0.3 is 44.0 Å². The maximum Gasteiger partial charge on any atom is 0.326 e. The number of carboxylic acid groups (broad SMARTS) is 1. The van der Waals surface area contributed by atoms with Crippen LogP contribution in [-0.2, 0) is 19.2 Å². The molecule has 4 unspecified atom stereocenters. The van der Waals surface area contributed by atoms with Crippen LogP contribution in [-0.4, -0.2) is 72.0 Å². The summed E-state index contributed by atoms with van der Waals surface area (Å²) in [6.07, 6.45) is 2.91. The van der Waals surface area contributed by atoms with E-state index in [0.29, 0.717) is 32.2 Å². The van der Waals surface area contributed by atoms with E-state index in [9.17, 15) is 24.3 Å². The van der Waals surface area contributed by atoms with Gasteiger partial charge in [-0.15, -0.1) is 0 Å². The van der Waals surface area contributed by atoms with Crippen molar-refractivity contribution in [2.75, 3.05) is 13.1 Å². The number of carboxylic acids is 1. The van der Waals surface area contributed by atoms with Crippen LogP contribution in [0.1, 0.15) is 72.6 Å². The quantitative estimate of drug-likeness (QED) is 0.0589. The van der Waals surface area contributed by atoms with Gasteiger partial charge in [-0.2, -0.15) is 0 Å². The summed E-state index contributed by atoms with van der Waals surface area (Å²) in [4.78, 5) is 54.4. The lowest BCUT2D eigenvalue weighted by molar-refractivity contribution is -0.142. The van der Waals surface area contributed by atoms with Crippen molar-refractivity contribution in [1.29, 1.82) is 0 Å². The van der Waals surface area contributed by atoms with E-state index in [1.165, 1.54) is 0 Å². The zero-order chi connectivity index (χ0) is 28.5. The third kappa shape index (κ3) is 15.7. The molecule has 12 N–H and O–H groups in total. The Labute approximate surface area is 219 Å². The number of guanidine groups is 1. The molecule has 0 saturated carbocycles. The number of rotatable bonds is 19. The van der Waals surface area contributed by atoms with E-state index >= 15 is 0 Å². The number of aliphatic imine (C=N–C) groups is 1. The molecule has 0 rings (SSSR count). The molecule has 0 fully saturated rings. The SMILES string of the molecule is CC(C)CC(NC(=O)C(CCCN=C(N)N)NC(=O)C(CC(C)C)NC(=O)C(N)CCCCN)C(=O)O. The molecule has 13 heteroatoms. The number of aliphatic carboxylic acids is 1. The number of unbranched alkanes of at least 4 members (excludes halogenated alkanes) is 1. The Bertz CT molecular complexity index is 755. The number of nitrogens with one attached hydrogen (secondary N) is 3. The molecule has 0 spiro atoms. The number of amides is 3. The van der Waals surface area contributed by atoms with E-state index < -0.39 is 47.9 Å². The fourth-order valence-corrected chi connectivity index (χ4v) is 3.63. The van der Waals surface area contributed by atoms with Gasteiger partial charge in [0.1, 0.15) is 18.1 Å². The van der Waals surface area contributed by atoms with E-state index in [1.807, 2.05) is 27.7 Å². The molecule has 0 aromatic carbocycles. The molecule has 0 aliphatic heterocycles. The molecule has 3 amide bonds. The first-order valence-electron chi connectivity index (χ1n) is 12.9. The van der Waals surface area contributed by atoms with Gasteiger partial charge in [0.15, 0.2) is 5.96 Å². The topological polar surface area (TPSA) is 241 Å². The molecule has 0 saturated heterocycles. The Balaban J connectivity index is 5.58. The highest BCUT2D eigenvalue weighted by atomic mass is 16.4. The minimum absolute atomic E-state index is 0.0241. The highest BCUT2D eigenvalue weighted by Crippen LogP contribution is 2.10. The number of hydrogen-bond acceptors (Lipinski definition) is 7. The van der Waals surface area contributed by atoms with E-state index in [2.05, 4.69) is 20.9 Å². The van der Waals surface area contributed by atoms with E-state index in [-0.39, 0.29) is 37.2 Å². The number of carbonyl (C=O) groups is 4. The Morgan fingerprint density at radius 2 is 1.27 bits per heavy atom. The van der Waals surface area contributed by atoms with Crippen LogP contribution in [0.2, 0.25) is 0 Å². The number of nitrogens with zero attached hydrogens (tertiary/aromatic N) is 1. The van der Waals surface area contributed by atoms with E-state index in [1.54, 1.807) is 0 Å². The summed E-state index contributed by atoms with van der Waals surface area (Å²) in [6.45, 7) is 8.21. The molecule has 0 aromatic heterocycles. The van der Waals surface area contributed by atoms with Crippen LogP contribution in [0.25, 0.3) is 0 Å². The Morgan fingerprint density at radius 3 is 1.78 bits per heavy atom. The Hall–Kier alpha value is -2.93. The van der Waals surface area contributed by atoms with Gasteiger partial charge in [-0.3, -0.25) is 19.4 Å². The lowest BCUT2D eigenvalue weighted by atomic mass is 10.0. The largest absolute Gasteiger partial charge is 0.480 e. The van der Waals surface area contributed by atoms with Crippen LogP contribution in [0, 0.1) is 11.8 Å². The summed E-state index contributed by atoms with van der Waals surface area (Å²) >= 11 is 0. The molecule has 0 aliphatic rings. The molecule has 0 heterocycles. The van der Waals surface area contributed by atoms with Gasteiger partial charge in [0, 0.05) is 6.54 Å². The van der Waals surface area contributed by atoms with Gasteiger partial charge in [-0.1, -0.05) is 34.1 Å². The van der Waals surface area contributed by atoms with Gasteiger partial charge in [0.25, 0.3) is 0 Å². The van der Waals surface area contributed by atoms with Crippen molar-refractivity contribution in [3.63, 3.8) is 0 Å². The highest BCUT2D eigenvalue weighted by Gasteiger charge is 2.30. The van der Waals surface area contributed by atoms with Crippen LogP contribution in [0.15, 0.2) is 4.99 Å². The number of hydrogen-bond donors (Lipinski definition) is 8. The fourth-order valence-electron chi connectivity index (χ4n) is 3.63. The summed E-state index contributed by atoms with van der Waals surface area (Å²) in [7, 11) is 0. The molecule has 0 radical (unpaired) electrons. The third-order valence-corrected chi connectivity index (χ3v) is 5.55. The van der Waals surface area contributed by atoms with E-state index in [4.69, 9.17) is 22.9 Å². The Morgan fingerprint density at radius 1 is 0.757 bits per heavy atom. The van der Waals surface area contributed by atoms with Crippen molar-refractivity contribution in [2.45, 2.75) is 96.8 Å². The van der Waals surface area contributed by atoms with Crippen LogP contribution in [0.5, 0.6) is 0 Å². The summed E-state index contributed by atoms with van der Waals surface area (Å²) < 4.78 is 0. The summed E-state index contributed by atoms with van der Waals surface area (Å²) in [5.74, 6) is -2.85. The van der Waals surface area contributed by atoms with Gasteiger partial charge in [-0.25, -0.2) is 4.79 Å². The maximum atomic E-state index is 13.2. The van der Waals surface area contributed by atoms with Crippen molar-refractivity contribution < 1.29 is 24.3 Å². The smallest absolute Gasteiger partial charge is 0.326 e. The third-order valence-electron chi connectivity index (χ3n) is 5.55. The minimum Gasteiger partial charge on any atom is -0.480 e. The molecule has 0 aromatic rings. The summed E-state index contributed by atoms with van der Waals surface area (Å²) in [6, 6.07) is -3.88. The average Bonchev–Trinajstić information content (AvgIpc) is 2.79. The molecule has 37 heavy (non-hydrogen) atoms. The summed E-state index contributed by atoms with van der Waals surface area (Å²) in [5.41, 5.74) is 22.2. The first-order chi connectivity index (χ1) is 17.3. The summed E-state index contributed by atoms with van der Waals surface area (Å²) in [5, 5.41) is 17.4. The zero-order valence-electron chi connectivity index (χ0n) is 22.7. The fraction of sp³-hybridized carbons (Fsp3) is 0.792. The van der Waals surface area contributed by atoms with Crippen molar-refractivity contribution >= 4 is 29.7 Å². The first kappa shape index (κ1) is 34.1. The van der Waals surface area contributed by atoms with Crippen molar-refractivity contribution in [1.82, 2.24) is 16.0 Å². The molecule has 13 nitrogen and oxygen atoms in total. The Kier molecular flexibility index (Phi) is 16.9. The van der Waals surface area contributed by atoms with Crippen LogP contribution >= 0.6 is 0 Å². The zero-order valence-corrected chi connectivity index (χ0v) is 22.7. The second-order valence-electron chi connectivity index (χ2n) is 10.1.